The van der Waals surface area contributed by atoms with Crippen molar-refractivity contribution in [1.29, 1.82) is 0 Å². The molecule has 0 aromatic heterocycles. The van der Waals surface area contributed by atoms with Gasteiger partial charge in [0.05, 0.1) is 33.0 Å². The van der Waals surface area contributed by atoms with Gasteiger partial charge in [-0.3, -0.25) is 9.59 Å². The minimum absolute atomic E-state index is 0.00327. The molecule has 2 amide bonds. The number of hydrogen-bond donors (Lipinski definition) is 3. The summed E-state index contributed by atoms with van der Waals surface area (Å²) in [6, 6.07) is -0.996. The predicted molar refractivity (Wildman–Crippen MR) is 116 cm³/mol. The number of nitrogens with two attached hydrogens (primary N) is 1. The van der Waals surface area contributed by atoms with Crippen LogP contribution in [0.4, 0.5) is 0 Å². The average Bonchev–Trinajstić information content (AvgIpc) is 2.71. The molecule has 0 aliphatic carbocycles. The molecule has 0 radical (unpaired) electrons. The zero-order valence-corrected chi connectivity index (χ0v) is 19.1. The van der Waals surface area contributed by atoms with Gasteiger partial charge < -0.3 is 35.3 Å². The van der Waals surface area contributed by atoms with Gasteiger partial charge in [-0.1, -0.05) is 5.11 Å². The van der Waals surface area contributed by atoms with Gasteiger partial charge in [-0.15, -0.1) is 0 Å². The van der Waals surface area contributed by atoms with Gasteiger partial charge in [-0.25, -0.2) is 4.79 Å². The van der Waals surface area contributed by atoms with E-state index in [2.05, 4.69) is 20.7 Å². The monoisotopic (exact) mass is 460 g/mol. The maximum absolute atomic E-state index is 12.4. The Morgan fingerprint density at radius 3 is 2.38 bits per heavy atom. The SMILES string of the molecule is CC(C)(C)OC(=O)[C@H](CCC(=O)NCCOCCN=[N+]=[N-])NC(=O)COCCOCCN. The van der Waals surface area contributed by atoms with Crippen LogP contribution in [-0.2, 0) is 33.3 Å². The van der Waals surface area contributed by atoms with E-state index in [-0.39, 0.29) is 58.3 Å². The molecular weight excluding hydrogens is 424 g/mol. The lowest BCUT2D eigenvalue weighted by Crippen LogP contribution is -2.46. The van der Waals surface area contributed by atoms with Gasteiger partial charge in [0, 0.05) is 31.0 Å². The van der Waals surface area contributed by atoms with Crippen molar-refractivity contribution in [3.63, 3.8) is 0 Å². The number of azide groups is 1. The van der Waals surface area contributed by atoms with Gasteiger partial charge in [0.2, 0.25) is 11.8 Å². The molecule has 32 heavy (non-hydrogen) atoms. The molecule has 0 bridgehead atoms. The molecule has 0 aromatic rings. The van der Waals surface area contributed by atoms with Crippen LogP contribution in [0.25, 0.3) is 10.4 Å². The molecule has 0 heterocycles. The summed E-state index contributed by atoms with van der Waals surface area (Å²) in [4.78, 5) is 39.2. The standard InChI is InChI=1S/C19H36N6O7/c1-19(2,3)32-18(28)15(24-17(27)14-31-13-12-29-9-6-20)4-5-16(26)22-7-10-30-11-8-23-25-21/h15H,4-14,20H2,1-3H3,(H,22,26)(H,24,27)/t15-/m0/s1. The third kappa shape index (κ3) is 18.3. The van der Waals surface area contributed by atoms with Crippen molar-refractivity contribution in [3.05, 3.63) is 10.4 Å². The normalized spacial score (nSPS) is 11.9. The quantitative estimate of drug-likeness (QED) is 0.0839. The second kappa shape index (κ2) is 18.2. The van der Waals surface area contributed by atoms with Crippen LogP contribution in [0, 0.1) is 0 Å². The summed E-state index contributed by atoms with van der Waals surface area (Å²) < 4.78 is 20.9. The first-order valence-corrected chi connectivity index (χ1v) is 10.4. The molecule has 1 atom stereocenters. The largest absolute Gasteiger partial charge is 0.458 e. The second-order valence-corrected chi connectivity index (χ2v) is 7.56. The number of carbonyl (C=O) groups excluding carboxylic acids is 3. The third-order valence-electron chi connectivity index (χ3n) is 3.52. The van der Waals surface area contributed by atoms with E-state index in [1.54, 1.807) is 20.8 Å². The Balaban J connectivity index is 4.42. The van der Waals surface area contributed by atoms with Gasteiger partial charge in [0.25, 0.3) is 0 Å². The minimum atomic E-state index is -0.996. The second-order valence-electron chi connectivity index (χ2n) is 7.56. The van der Waals surface area contributed by atoms with Crippen molar-refractivity contribution in [2.24, 2.45) is 10.8 Å². The minimum Gasteiger partial charge on any atom is -0.458 e. The maximum Gasteiger partial charge on any atom is 0.329 e. The fraction of sp³-hybridized carbons (Fsp3) is 0.842. The van der Waals surface area contributed by atoms with Crippen molar-refractivity contribution in [3.8, 4) is 0 Å². The Kier molecular flexibility index (Phi) is 16.8. The Bertz CT molecular complexity index is 605. The van der Waals surface area contributed by atoms with Crippen molar-refractivity contribution in [2.75, 3.05) is 59.3 Å². The van der Waals surface area contributed by atoms with Crippen LogP contribution < -0.4 is 16.4 Å². The summed E-state index contributed by atoms with van der Waals surface area (Å²) >= 11 is 0. The Labute approximate surface area is 188 Å². The number of carbonyl (C=O) groups is 3. The van der Waals surface area contributed by atoms with Gasteiger partial charge in [-0.05, 0) is 32.7 Å². The number of rotatable bonds is 18. The summed E-state index contributed by atoms with van der Waals surface area (Å²) in [7, 11) is 0. The van der Waals surface area contributed by atoms with Crippen LogP contribution in [0.2, 0.25) is 0 Å². The van der Waals surface area contributed by atoms with Crippen LogP contribution >= 0.6 is 0 Å². The van der Waals surface area contributed by atoms with Gasteiger partial charge in [0.1, 0.15) is 18.2 Å². The predicted octanol–water partition coefficient (Wildman–Crippen LogP) is 0.0281. The number of nitrogens with one attached hydrogen (secondary N) is 2. The number of esters is 1. The lowest BCUT2D eigenvalue weighted by Gasteiger charge is -2.24. The fourth-order valence-corrected chi connectivity index (χ4v) is 2.20. The summed E-state index contributed by atoms with van der Waals surface area (Å²) in [5.74, 6) is -1.44. The zero-order valence-electron chi connectivity index (χ0n) is 19.1. The highest BCUT2D eigenvalue weighted by Crippen LogP contribution is 2.11. The molecule has 0 aromatic carbocycles. The smallest absolute Gasteiger partial charge is 0.329 e. The first-order valence-electron chi connectivity index (χ1n) is 10.4. The molecule has 0 aliphatic rings. The molecular formula is C19H36N6O7. The van der Waals surface area contributed by atoms with E-state index >= 15 is 0 Å². The number of amides is 2. The van der Waals surface area contributed by atoms with E-state index in [1.807, 2.05) is 0 Å². The lowest BCUT2D eigenvalue weighted by molar-refractivity contribution is -0.159. The molecule has 0 saturated heterocycles. The molecule has 0 saturated carbocycles. The maximum atomic E-state index is 12.4. The Morgan fingerprint density at radius 1 is 1.03 bits per heavy atom. The van der Waals surface area contributed by atoms with E-state index < -0.39 is 23.5 Å². The highest BCUT2D eigenvalue weighted by molar-refractivity contribution is 5.86. The van der Waals surface area contributed by atoms with Crippen LogP contribution in [0.15, 0.2) is 5.11 Å². The van der Waals surface area contributed by atoms with Gasteiger partial charge in [0.15, 0.2) is 0 Å². The number of hydrogen-bond acceptors (Lipinski definition) is 9. The molecule has 13 nitrogen and oxygen atoms in total. The van der Waals surface area contributed by atoms with Crippen LogP contribution in [-0.4, -0.2) is 88.7 Å². The number of ether oxygens (including phenoxy) is 4. The molecule has 13 heteroatoms. The zero-order chi connectivity index (χ0) is 24.2. The number of nitrogens with zero attached hydrogens (tertiary/aromatic N) is 3. The summed E-state index contributed by atoms with van der Waals surface area (Å²) in [6.45, 7) is 7.17. The van der Waals surface area contributed by atoms with Crippen molar-refractivity contribution >= 4 is 17.8 Å². The molecule has 0 fully saturated rings. The third-order valence-corrected chi connectivity index (χ3v) is 3.52. The van der Waals surface area contributed by atoms with Crippen molar-refractivity contribution in [2.45, 2.75) is 45.3 Å². The van der Waals surface area contributed by atoms with E-state index in [0.717, 1.165) is 0 Å². The van der Waals surface area contributed by atoms with Crippen LogP contribution in [0.1, 0.15) is 33.6 Å². The highest BCUT2D eigenvalue weighted by atomic mass is 16.6. The summed E-state index contributed by atoms with van der Waals surface area (Å²) in [5.41, 5.74) is 12.7. The molecule has 0 rings (SSSR count). The van der Waals surface area contributed by atoms with Crippen LogP contribution in [0.5, 0.6) is 0 Å². The molecule has 4 N–H and O–H groups in total. The van der Waals surface area contributed by atoms with E-state index in [9.17, 15) is 14.4 Å². The Hall–Kier alpha value is -2.44. The van der Waals surface area contributed by atoms with E-state index in [1.165, 1.54) is 0 Å². The van der Waals surface area contributed by atoms with Gasteiger partial charge in [-0.2, -0.15) is 0 Å². The topological polar surface area (TPSA) is 187 Å². The van der Waals surface area contributed by atoms with Gasteiger partial charge >= 0.3 is 5.97 Å². The van der Waals surface area contributed by atoms with Crippen LogP contribution in [0.3, 0.4) is 0 Å². The van der Waals surface area contributed by atoms with E-state index in [4.69, 9.17) is 30.2 Å². The summed E-state index contributed by atoms with van der Waals surface area (Å²) in [6.07, 6.45) is 0.0561. The lowest BCUT2D eigenvalue weighted by atomic mass is 10.1. The fourth-order valence-electron chi connectivity index (χ4n) is 2.20. The molecule has 0 unspecified atom stereocenters. The summed E-state index contributed by atoms with van der Waals surface area (Å²) in [5, 5.41) is 8.52. The van der Waals surface area contributed by atoms with Crippen molar-refractivity contribution in [1.82, 2.24) is 10.6 Å². The van der Waals surface area contributed by atoms with E-state index in [0.29, 0.717) is 19.8 Å². The average molecular weight is 461 g/mol. The first-order chi connectivity index (χ1) is 15.2. The molecule has 0 aliphatic heterocycles. The highest BCUT2D eigenvalue weighted by Gasteiger charge is 2.27. The first kappa shape index (κ1) is 29.6. The van der Waals surface area contributed by atoms with Crippen molar-refractivity contribution < 1.29 is 33.3 Å². The Morgan fingerprint density at radius 2 is 1.72 bits per heavy atom. The molecule has 184 valence electrons. The molecule has 0 spiro atoms.